The van der Waals surface area contributed by atoms with Crippen molar-refractivity contribution in [2.75, 3.05) is 31.6 Å². The molecule has 0 bridgehead atoms. The largest absolute Gasteiger partial charge is 0.378 e. The van der Waals surface area contributed by atoms with Gasteiger partial charge in [0.15, 0.2) is 0 Å². The normalized spacial score (nSPS) is 17.3. The van der Waals surface area contributed by atoms with Gasteiger partial charge >= 0.3 is 0 Å². The van der Waals surface area contributed by atoms with Gasteiger partial charge < -0.3 is 15.0 Å². The van der Waals surface area contributed by atoms with E-state index in [2.05, 4.69) is 10.3 Å². The Balaban J connectivity index is 1.94. The minimum absolute atomic E-state index is 0.0752. The molecule has 2 rings (SSSR count). The van der Waals surface area contributed by atoms with Crippen LogP contribution in [0.1, 0.15) is 6.92 Å². The zero-order valence-electron chi connectivity index (χ0n) is 10.2. The number of carbonyl (C=O) groups is 1. The number of aromatic nitrogens is 1. The van der Waals surface area contributed by atoms with E-state index in [1.54, 1.807) is 18.3 Å². The van der Waals surface area contributed by atoms with E-state index in [9.17, 15) is 4.79 Å². The van der Waals surface area contributed by atoms with Crippen molar-refractivity contribution in [1.29, 1.82) is 0 Å². The second-order valence-electron chi connectivity index (χ2n) is 4.17. The molecule has 1 unspecified atom stereocenters. The lowest BCUT2D eigenvalue weighted by molar-refractivity contribution is -0.135. The van der Waals surface area contributed by atoms with E-state index in [0.717, 1.165) is 5.69 Å². The topological polar surface area (TPSA) is 54.5 Å². The van der Waals surface area contributed by atoms with E-state index >= 15 is 0 Å². The molecule has 6 heteroatoms. The van der Waals surface area contributed by atoms with E-state index in [0.29, 0.717) is 31.5 Å². The number of halogens is 1. The van der Waals surface area contributed by atoms with E-state index in [1.807, 2.05) is 11.8 Å². The third kappa shape index (κ3) is 3.34. The van der Waals surface area contributed by atoms with Crippen LogP contribution in [0.3, 0.4) is 0 Å². The molecule has 1 aromatic heterocycles. The van der Waals surface area contributed by atoms with Crippen molar-refractivity contribution in [2.45, 2.75) is 13.0 Å². The lowest BCUT2D eigenvalue weighted by Gasteiger charge is -2.29. The highest BCUT2D eigenvalue weighted by atomic mass is 35.5. The minimum Gasteiger partial charge on any atom is -0.378 e. The summed E-state index contributed by atoms with van der Waals surface area (Å²) in [6, 6.07) is 3.20. The predicted molar refractivity (Wildman–Crippen MR) is 69.7 cm³/mol. The van der Waals surface area contributed by atoms with Crippen LogP contribution < -0.4 is 5.32 Å². The summed E-state index contributed by atoms with van der Waals surface area (Å²) in [7, 11) is 0. The Hall–Kier alpha value is -1.33. The highest BCUT2D eigenvalue weighted by Gasteiger charge is 2.22. The molecular weight excluding hydrogens is 254 g/mol. The maximum Gasteiger partial charge on any atom is 0.244 e. The Morgan fingerprint density at radius 3 is 2.94 bits per heavy atom. The summed E-state index contributed by atoms with van der Waals surface area (Å²) in [4.78, 5) is 17.9. The Morgan fingerprint density at radius 2 is 2.28 bits per heavy atom. The predicted octanol–water partition coefficient (Wildman–Crippen LogP) is 1.39. The molecule has 0 aliphatic carbocycles. The summed E-state index contributed by atoms with van der Waals surface area (Å²) < 4.78 is 5.22. The van der Waals surface area contributed by atoms with Gasteiger partial charge in [-0.1, -0.05) is 11.6 Å². The SMILES string of the molecule is CC(Nc1ccnc(Cl)c1)C(=O)N1CCOCC1. The van der Waals surface area contributed by atoms with Crippen molar-refractivity contribution >= 4 is 23.2 Å². The number of anilines is 1. The van der Waals surface area contributed by atoms with Crippen LogP contribution in [0.15, 0.2) is 18.3 Å². The summed E-state index contributed by atoms with van der Waals surface area (Å²) in [6.07, 6.45) is 1.61. The van der Waals surface area contributed by atoms with Crippen LogP contribution in [0.25, 0.3) is 0 Å². The second kappa shape index (κ2) is 6.02. The van der Waals surface area contributed by atoms with Gasteiger partial charge in [-0.25, -0.2) is 4.98 Å². The van der Waals surface area contributed by atoms with Crippen LogP contribution in [0, 0.1) is 0 Å². The van der Waals surface area contributed by atoms with Crippen LogP contribution in [0.2, 0.25) is 5.15 Å². The summed E-state index contributed by atoms with van der Waals surface area (Å²) in [5, 5.41) is 3.53. The van der Waals surface area contributed by atoms with Crippen molar-refractivity contribution in [3.63, 3.8) is 0 Å². The average molecular weight is 270 g/mol. The molecule has 1 aliphatic rings. The molecule has 1 fully saturated rings. The first-order chi connectivity index (χ1) is 8.66. The van der Waals surface area contributed by atoms with E-state index in [-0.39, 0.29) is 11.9 Å². The fourth-order valence-corrected chi connectivity index (χ4v) is 2.04. The van der Waals surface area contributed by atoms with Gasteiger partial charge in [0, 0.05) is 25.0 Å². The first-order valence-corrected chi connectivity index (χ1v) is 6.29. The Labute approximate surface area is 111 Å². The number of amides is 1. The number of hydrogen-bond donors (Lipinski definition) is 1. The number of pyridine rings is 1. The number of nitrogens with one attached hydrogen (secondary N) is 1. The molecule has 0 radical (unpaired) electrons. The summed E-state index contributed by atoms with van der Waals surface area (Å²) in [6.45, 7) is 4.37. The summed E-state index contributed by atoms with van der Waals surface area (Å²) in [5.74, 6) is 0.0752. The van der Waals surface area contributed by atoms with Crippen molar-refractivity contribution in [3.05, 3.63) is 23.5 Å². The van der Waals surface area contributed by atoms with Gasteiger partial charge in [0.2, 0.25) is 5.91 Å². The van der Waals surface area contributed by atoms with Gasteiger partial charge in [-0.05, 0) is 19.1 Å². The first kappa shape index (κ1) is 13.1. The zero-order valence-corrected chi connectivity index (χ0v) is 11.0. The molecule has 1 aliphatic heterocycles. The fourth-order valence-electron chi connectivity index (χ4n) is 1.86. The number of nitrogens with zero attached hydrogens (tertiary/aromatic N) is 2. The third-order valence-corrected chi connectivity index (χ3v) is 3.01. The van der Waals surface area contributed by atoms with Crippen LogP contribution >= 0.6 is 11.6 Å². The molecule has 1 aromatic rings. The molecule has 0 aromatic carbocycles. The van der Waals surface area contributed by atoms with Crippen LogP contribution in [-0.4, -0.2) is 48.1 Å². The lowest BCUT2D eigenvalue weighted by Crippen LogP contribution is -2.46. The molecule has 0 spiro atoms. The maximum atomic E-state index is 12.1. The fraction of sp³-hybridized carbons (Fsp3) is 0.500. The smallest absolute Gasteiger partial charge is 0.244 e. The molecule has 98 valence electrons. The first-order valence-electron chi connectivity index (χ1n) is 5.91. The van der Waals surface area contributed by atoms with Crippen molar-refractivity contribution in [2.24, 2.45) is 0 Å². The van der Waals surface area contributed by atoms with Gasteiger partial charge in [-0.15, -0.1) is 0 Å². The molecule has 5 nitrogen and oxygen atoms in total. The molecule has 2 heterocycles. The average Bonchev–Trinajstić information content (AvgIpc) is 2.39. The zero-order chi connectivity index (χ0) is 13.0. The van der Waals surface area contributed by atoms with Crippen molar-refractivity contribution in [3.8, 4) is 0 Å². The van der Waals surface area contributed by atoms with Crippen molar-refractivity contribution in [1.82, 2.24) is 9.88 Å². The third-order valence-electron chi connectivity index (χ3n) is 2.80. The van der Waals surface area contributed by atoms with Gasteiger partial charge in [-0.2, -0.15) is 0 Å². The summed E-state index contributed by atoms with van der Waals surface area (Å²) in [5.41, 5.74) is 0.795. The monoisotopic (exact) mass is 269 g/mol. The Kier molecular flexibility index (Phi) is 4.38. The van der Waals surface area contributed by atoms with Crippen LogP contribution in [-0.2, 0) is 9.53 Å². The molecule has 0 saturated carbocycles. The number of hydrogen-bond acceptors (Lipinski definition) is 4. The van der Waals surface area contributed by atoms with Gasteiger partial charge in [-0.3, -0.25) is 4.79 Å². The molecule has 18 heavy (non-hydrogen) atoms. The standard InChI is InChI=1S/C12H16ClN3O2/c1-9(12(17)16-4-6-18-7-5-16)15-10-2-3-14-11(13)8-10/h2-3,8-9H,4-7H2,1H3,(H,14,15). The molecular formula is C12H16ClN3O2. The van der Waals surface area contributed by atoms with Crippen molar-refractivity contribution < 1.29 is 9.53 Å². The van der Waals surface area contributed by atoms with Gasteiger partial charge in [0.1, 0.15) is 11.2 Å². The number of ether oxygens (including phenoxy) is 1. The van der Waals surface area contributed by atoms with E-state index in [4.69, 9.17) is 16.3 Å². The minimum atomic E-state index is -0.290. The quantitative estimate of drug-likeness (QED) is 0.843. The molecule has 1 amide bonds. The Bertz CT molecular complexity index is 422. The van der Waals surface area contributed by atoms with Gasteiger partial charge in [0.05, 0.1) is 13.2 Å². The lowest BCUT2D eigenvalue weighted by atomic mass is 10.2. The number of morpholine rings is 1. The highest BCUT2D eigenvalue weighted by Crippen LogP contribution is 2.14. The molecule has 1 atom stereocenters. The highest BCUT2D eigenvalue weighted by molar-refractivity contribution is 6.29. The van der Waals surface area contributed by atoms with Gasteiger partial charge in [0.25, 0.3) is 0 Å². The van der Waals surface area contributed by atoms with E-state index in [1.165, 1.54) is 0 Å². The number of rotatable bonds is 3. The summed E-state index contributed by atoms with van der Waals surface area (Å²) >= 11 is 5.79. The van der Waals surface area contributed by atoms with Crippen LogP contribution in [0.4, 0.5) is 5.69 Å². The van der Waals surface area contributed by atoms with Crippen LogP contribution in [0.5, 0.6) is 0 Å². The Morgan fingerprint density at radius 1 is 1.56 bits per heavy atom. The maximum absolute atomic E-state index is 12.1. The second-order valence-corrected chi connectivity index (χ2v) is 4.56. The molecule has 1 N–H and O–H groups in total. The molecule has 1 saturated heterocycles. The van der Waals surface area contributed by atoms with E-state index < -0.39 is 0 Å². The number of carbonyl (C=O) groups excluding carboxylic acids is 1.